The molecule has 2 N–H and O–H groups in total. The maximum absolute atomic E-state index is 12.4. The van der Waals surface area contributed by atoms with Crippen molar-refractivity contribution in [2.45, 2.75) is 20.3 Å². The van der Waals surface area contributed by atoms with Gasteiger partial charge in [0.25, 0.3) is 0 Å². The number of hydrogen-bond acceptors (Lipinski definition) is 3. The van der Waals surface area contributed by atoms with E-state index in [9.17, 15) is 9.59 Å². The van der Waals surface area contributed by atoms with Gasteiger partial charge >= 0.3 is 0 Å². The van der Waals surface area contributed by atoms with Crippen LogP contribution in [0.3, 0.4) is 0 Å². The summed E-state index contributed by atoms with van der Waals surface area (Å²) in [6.07, 6.45) is 0.788. The van der Waals surface area contributed by atoms with Crippen LogP contribution in [0.1, 0.15) is 20.3 Å². The van der Waals surface area contributed by atoms with Gasteiger partial charge in [-0.05, 0) is 12.3 Å². The summed E-state index contributed by atoms with van der Waals surface area (Å²) in [5.41, 5.74) is 5.63. The molecule has 1 rings (SSSR count). The van der Waals surface area contributed by atoms with Crippen molar-refractivity contribution < 1.29 is 9.59 Å². The van der Waals surface area contributed by atoms with Crippen molar-refractivity contribution in [3.8, 4) is 0 Å². The highest BCUT2D eigenvalue weighted by Crippen LogP contribution is 2.16. The van der Waals surface area contributed by atoms with Crippen LogP contribution in [0.5, 0.6) is 0 Å². The molecule has 1 fully saturated rings. The Morgan fingerprint density at radius 3 is 2.50 bits per heavy atom. The topological polar surface area (TPSA) is 66.6 Å². The molecule has 0 radical (unpaired) electrons. The molecule has 2 amide bonds. The van der Waals surface area contributed by atoms with E-state index in [0.29, 0.717) is 13.1 Å². The highest BCUT2D eigenvalue weighted by Gasteiger charge is 2.31. The highest BCUT2D eigenvalue weighted by molar-refractivity contribution is 7.80. The number of carbonyl (C=O) groups is 2. The Labute approximate surface area is 113 Å². The largest absolute Gasteiger partial charge is 0.393 e. The first-order chi connectivity index (χ1) is 8.34. The van der Waals surface area contributed by atoms with Crippen LogP contribution in [0.4, 0.5) is 0 Å². The van der Waals surface area contributed by atoms with Gasteiger partial charge in [0.05, 0.1) is 17.5 Å². The van der Waals surface area contributed by atoms with E-state index in [-0.39, 0.29) is 29.3 Å². The van der Waals surface area contributed by atoms with E-state index in [1.54, 1.807) is 16.8 Å². The van der Waals surface area contributed by atoms with Crippen LogP contribution in [0.2, 0.25) is 0 Å². The summed E-state index contributed by atoms with van der Waals surface area (Å²) in [5, 5.41) is 0. The summed E-state index contributed by atoms with van der Waals surface area (Å²) in [6.45, 7) is 5.21. The molecule has 0 bridgehead atoms. The molecule has 0 aromatic rings. The van der Waals surface area contributed by atoms with Crippen molar-refractivity contribution in [3.63, 3.8) is 0 Å². The second kappa shape index (κ2) is 6.13. The van der Waals surface area contributed by atoms with Gasteiger partial charge in [-0.3, -0.25) is 9.59 Å². The molecule has 0 spiro atoms. The fraction of sp³-hybridized carbons (Fsp3) is 0.750. The summed E-state index contributed by atoms with van der Waals surface area (Å²) >= 11 is 4.96. The Morgan fingerprint density at radius 2 is 2.00 bits per heavy atom. The van der Waals surface area contributed by atoms with Crippen molar-refractivity contribution in [2.75, 3.05) is 26.7 Å². The minimum atomic E-state index is -0.476. The second-order valence-electron chi connectivity index (χ2n) is 5.05. The van der Waals surface area contributed by atoms with Crippen LogP contribution in [-0.2, 0) is 9.59 Å². The molecule has 0 aromatic heterocycles. The molecule has 1 saturated heterocycles. The van der Waals surface area contributed by atoms with Crippen LogP contribution in [0, 0.1) is 11.8 Å². The monoisotopic (exact) mass is 271 g/mol. The molecule has 6 heteroatoms. The summed E-state index contributed by atoms with van der Waals surface area (Å²) in [6, 6.07) is 0. The van der Waals surface area contributed by atoms with Crippen molar-refractivity contribution in [3.05, 3.63) is 0 Å². The lowest BCUT2D eigenvalue weighted by Gasteiger charge is -2.27. The third-order valence-corrected chi connectivity index (χ3v) is 3.48. The number of likely N-dealkylation sites (N-methyl/N-ethyl adjacent to an activating group) is 1. The lowest BCUT2D eigenvalue weighted by Crippen LogP contribution is -2.46. The van der Waals surface area contributed by atoms with E-state index < -0.39 is 5.92 Å². The molecule has 0 aromatic carbocycles. The molecule has 1 heterocycles. The molecule has 18 heavy (non-hydrogen) atoms. The molecule has 0 aliphatic carbocycles. The van der Waals surface area contributed by atoms with E-state index in [2.05, 4.69) is 0 Å². The van der Waals surface area contributed by atoms with Crippen molar-refractivity contribution >= 4 is 29.0 Å². The first-order valence-corrected chi connectivity index (χ1v) is 6.57. The van der Waals surface area contributed by atoms with Gasteiger partial charge < -0.3 is 15.5 Å². The van der Waals surface area contributed by atoms with Gasteiger partial charge in [0.1, 0.15) is 0 Å². The minimum absolute atomic E-state index is 0.0358. The molecule has 1 atom stereocenters. The zero-order valence-corrected chi connectivity index (χ0v) is 12.0. The van der Waals surface area contributed by atoms with Crippen LogP contribution in [0.25, 0.3) is 0 Å². The summed E-state index contributed by atoms with van der Waals surface area (Å²) in [7, 11) is 1.75. The van der Waals surface area contributed by atoms with Gasteiger partial charge in [-0.25, -0.2) is 0 Å². The zero-order valence-electron chi connectivity index (χ0n) is 11.2. The van der Waals surface area contributed by atoms with Gasteiger partial charge in [0, 0.05) is 20.1 Å². The van der Waals surface area contributed by atoms with Gasteiger partial charge in [0.15, 0.2) is 0 Å². The smallest absolute Gasteiger partial charge is 0.241 e. The second-order valence-corrected chi connectivity index (χ2v) is 5.52. The third kappa shape index (κ3) is 3.41. The average Bonchev–Trinajstić information content (AvgIpc) is 2.40. The summed E-state index contributed by atoms with van der Waals surface area (Å²) in [4.78, 5) is 27.6. The van der Waals surface area contributed by atoms with E-state index in [1.165, 1.54) is 0 Å². The molecule has 0 saturated carbocycles. The van der Waals surface area contributed by atoms with Crippen molar-refractivity contribution in [1.29, 1.82) is 0 Å². The maximum atomic E-state index is 12.4. The Balaban J connectivity index is 2.82. The van der Waals surface area contributed by atoms with Crippen molar-refractivity contribution in [2.24, 2.45) is 17.6 Å². The Bertz CT molecular complexity index is 357. The van der Waals surface area contributed by atoms with Crippen LogP contribution in [-0.4, -0.2) is 53.3 Å². The lowest BCUT2D eigenvalue weighted by atomic mass is 9.94. The van der Waals surface area contributed by atoms with Gasteiger partial charge in [0.2, 0.25) is 11.8 Å². The van der Waals surface area contributed by atoms with Crippen molar-refractivity contribution in [1.82, 2.24) is 9.80 Å². The van der Waals surface area contributed by atoms with Crippen LogP contribution >= 0.6 is 12.2 Å². The number of nitrogens with zero attached hydrogens (tertiary/aromatic N) is 2. The summed E-state index contributed by atoms with van der Waals surface area (Å²) < 4.78 is 0. The van der Waals surface area contributed by atoms with E-state index in [1.807, 2.05) is 13.8 Å². The number of thiocarbonyl (C=S) groups is 1. The maximum Gasteiger partial charge on any atom is 0.241 e. The van der Waals surface area contributed by atoms with Gasteiger partial charge in [-0.1, -0.05) is 26.1 Å². The average molecular weight is 271 g/mol. The SMILES string of the molecule is CC(C)C(C(=O)N1CCCN(C)C(=O)C1)C(N)=S. The van der Waals surface area contributed by atoms with E-state index in [4.69, 9.17) is 18.0 Å². The summed E-state index contributed by atoms with van der Waals surface area (Å²) in [5.74, 6) is -0.588. The number of carbonyl (C=O) groups excluding carboxylic acids is 2. The van der Waals surface area contributed by atoms with Gasteiger partial charge in [-0.15, -0.1) is 0 Å². The predicted molar refractivity (Wildman–Crippen MR) is 73.9 cm³/mol. The van der Waals surface area contributed by atoms with Gasteiger partial charge in [-0.2, -0.15) is 0 Å². The van der Waals surface area contributed by atoms with Crippen LogP contribution in [0.15, 0.2) is 0 Å². The van der Waals surface area contributed by atoms with Crippen LogP contribution < -0.4 is 5.73 Å². The number of hydrogen-bond donors (Lipinski definition) is 1. The predicted octanol–water partition coefficient (Wildman–Crippen LogP) is 0.235. The third-order valence-electron chi connectivity index (χ3n) is 3.22. The van der Waals surface area contributed by atoms with E-state index in [0.717, 1.165) is 6.42 Å². The molecule has 1 unspecified atom stereocenters. The molecule has 1 aliphatic heterocycles. The first-order valence-electron chi connectivity index (χ1n) is 6.16. The molecule has 1 aliphatic rings. The molecular weight excluding hydrogens is 250 g/mol. The fourth-order valence-corrected chi connectivity index (χ4v) is 2.48. The normalized spacial score (nSPS) is 18.8. The highest BCUT2D eigenvalue weighted by atomic mass is 32.1. The Kier molecular flexibility index (Phi) is 5.07. The standard InChI is InChI=1S/C12H21N3O2S/c1-8(2)10(11(13)18)12(17)15-6-4-5-14(3)9(16)7-15/h8,10H,4-7H2,1-3H3,(H2,13,18). The number of rotatable bonds is 3. The lowest BCUT2D eigenvalue weighted by molar-refractivity contribution is -0.140. The zero-order chi connectivity index (χ0) is 13.9. The van der Waals surface area contributed by atoms with E-state index >= 15 is 0 Å². The molecule has 102 valence electrons. The molecular formula is C12H21N3O2S. The quantitative estimate of drug-likeness (QED) is 0.747. The number of nitrogens with two attached hydrogens (primary N) is 1. The Morgan fingerprint density at radius 1 is 1.39 bits per heavy atom. The fourth-order valence-electron chi connectivity index (χ4n) is 2.11. The first kappa shape index (κ1) is 14.9. The Hall–Kier alpha value is -1.17. The number of amides is 2. The molecule has 5 nitrogen and oxygen atoms in total. The minimum Gasteiger partial charge on any atom is -0.393 e.